The van der Waals surface area contributed by atoms with Gasteiger partial charge in [-0.2, -0.15) is 0 Å². The number of hydrogen-bond acceptors (Lipinski definition) is 5. The van der Waals surface area contributed by atoms with Crippen LogP contribution in [-0.2, 0) is 6.42 Å². The molecule has 2 rings (SSSR count). The topological polar surface area (TPSA) is 77.0 Å². The quantitative estimate of drug-likeness (QED) is 0.738. The van der Waals surface area contributed by atoms with Gasteiger partial charge in [-0.3, -0.25) is 0 Å². The molecule has 0 heterocycles. The second kappa shape index (κ2) is 11.5. The van der Waals surface area contributed by atoms with Crippen LogP contribution in [0.1, 0.15) is 19.4 Å². The Balaban J connectivity index is 0.000000277. The van der Waals surface area contributed by atoms with E-state index >= 15 is 0 Å². The fourth-order valence-corrected chi connectivity index (χ4v) is 2.05. The van der Waals surface area contributed by atoms with E-state index in [4.69, 9.17) is 14.2 Å². The van der Waals surface area contributed by atoms with Gasteiger partial charge in [0.05, 0.1) is 13.2 Å². The second-order valence-corrected chi connectivity index (χ2v) is 5.75. The molecule has 0 spiro atoms. The van der Waals surface area contributed by atoms with Gasteiger partial charge in [0.2, 0.25) is 0 Å². The van der Waals surface area contributed by atoms with Gasteiger partial charge < -0.3 is 24.6 Å². The van der Waals surface area contributed by atoms with Gasteiger partial charge >= 0.3 is 6.09 Å². The fraction of sp³-hybridized carbons (Fsp3) is 0.286. The van der Waals surface area contributed by atoms with Crippen molar-refractivity contribution in [2.75, 3.05) is 14.2 Å². The number of rotatable bonds is 6. The van der Waals surface area contributed by atoms with Gasteiger partial charge in [0.25, 0.3) is 0 Å². The maximum Gasteiger partial charge on any atom is 0.412 e. The molecule has 0 atom stereocenters. The van der Waals surface area contributed by atoms with Crippen molar-refractivity contribution in [2.45, 2.75) is 26.4 Å². The zero-order valence-electron chi connectivity index (χ0n) is 16.2. The molecule has 0 aliphatic rings. The standard InChI is InChI=1S/C11H15NO3.C10H12O2/c1-8(2)14-9-6-4-5-7-10(9)15-11(13)12-3;1-3-4-8-5-6-9(11)10(7-8)12-2/h4-8H,1-3H3,(H,12,13);3,5-7,11H,1,4H2,2H3. The van der Waals surface area contributed by atoms with E-state index in [2.05, 4.69) is 11.9 Å². The number of methoxy groups -OCH3 is 1. The molecule has 0 radical (unpaired) electrons. The minimum absolute atomic E-state index is 0.0411. The van der Waals surface area contributed by atoms with Crippen molar-refractivity contribution in [3.8, 4) is 23.0 Å². The molecule has 0 fully saturated rings. The zero-order valence-corrected chi connectivity index (χ0v) is 16.2. The minimum Gasteiger partial charge on any atom is -0.504 e. The van der Waals surface area contributed by atoms with Crippen LogP contribution in [0.25, 0.3) is 0 Å². The number of benzene rings is 2. The number of carbonyl (C=O) groups excluding carboxylic acids is 1. The molecule has 2 aromatic rings. The molecule has 1 amide bonds. The van der Waals surface area contributed by atoms with Gasteiger partial charge in [-0.1, -0.05) is 24.3 Å². The Kier molecular flexibility index (Phi) is 9.29. The minimum atomic E-state index is -0.505. The molecule has 6 heteroatoms. The van der Waals surface area contributed by atoms with Gasteiger partial charge in [0.15, 0.2) is 23.0 Å². The molecule has 27 heavy (non-hydrogen) atoms. The highest BCUT2D eigenvalue weighted by atomic mass is 16.6. The summed E-state index contributed by atoms with van der Waals surface area (Å²) in [4.78, 5) is 11.0. The number of aromatic hydroxyl groups is 1. The molecule has 2 aromatic carbocycles. The summed E-state index contributed by atoms with van der Waals surface area (Å²) >= 11 is 0. The van der Waals surface area contributed by atoms with Gasteiger partial charge in [-0.25, -0.2) is 4.79 Å². The van der Waals surface area contributed by atoms with E-state index in [1.165, 1.54) is 14.2 Å². The summed E-state index contributed by atoms with van der Waals surface area (Å²) in [5, 5.41) is 11.6. The van der Waals surface area contributed by atoms with Crippen LogP contribution in [0.4, 0.5) is 4.79 Å². The van der Waals surface area contributed by atoms with Gasteiger partial charge in [0.1, 0.15) is 0 Å². The maximum atomic E-state index is 11.0. The second-order valence-electron chi connectivity index (χ2n) is 5.75. The molecule has 6 nitrogen and oxygen atoms in total. The van der Waals surface area contributed by atoms with E-state index in [1.807, 2.05) is 32.1 Å². The SMILES string of the molecule is C=CCc1ccc(O)c(OC)c1.CNC(=O)Oc1ccccc1OC(C)C. The van der Waals surface area contributed by atoms with Crippen LogP contribution < -0.4 is 19.5 Å². The van der Waals surface area contributed by atoms with Gasteiger partial charge in [0, 0.05) is 7.05 Å². The first-order chi connectivity index (χ1) is 12.9. The average Bonchev–Trinajstić information content (AvgIpc) is 2.65. The zero-order chi connectivity index (χ0) is 20.2. The Hall–Kier alpha value is -3.15. The number of amides is 1. The van der Waals surface area contributed by atoms with Crippen molar-refractivity contribution in [1.82, 2.24) is 5.32 Å². The lowest BCUT2D eigenvalue weighted by atomic mass is 10.1. The molecule has 0 saturated carbocycles. The molecular formula is C21H27NO5. The summed E-state index contributed by atoms with van der Waals surface area (Å²) in [6.07, 6.45) is 2.14. The van der Waals surface area contributed by atoms with Crippen molar-refractivity contribution in [2.24, 2.45) is 0 Å². The van der Waals surface area contributed by atoms with E-state index in [0.29, 0.717) is 17.2 Å². The van der Waals surface area contributed by atoms with Crippen LogP contribution in [0.2, 0.25) is 0 Å². The molecule has 2 N–H and O–H groups in total. The Morgan fingerprint density at radius 3 is 2.41 bits per heavy atom. The third-order valence-electron chi connectivity index (χ3n) is 3.24. The normalized spacial score (nSPS) is 9.67. The third-order valence-corrected chi connectivity index (χ3v) is 3.24. The Labute approximate surface area is 160 Å². The predicted octanol–water partition coefficient (Wildman–Crippen LogP) is 4.32. The first-order valence-corrected chi connectivity index (χ1v) is 8.53. The highest BCUT2D eigenvalue weighted by Crippen LogP contribution is 2.27. The lowest BCUT2D eigenvalue weighted by Gasteiger charge is -2.13. The summed E-state index contributed by atoms with van der Waals surface area (Å²) < 4.78 is 15.5. The lowest BCUT2D eigenvalue weighted by Crippen LogP contribution is -2.22. The Morgan fingerprint density at radius 1 is 1.19 bits per heavy atom. The highest BCUT2D eigenvalue weighted by Gasteiger charge is 2.09. The molecule has 0 saturated heterocycles. The van der Waals surface area contributed by atoms with Crippen LogP contribution in [0.3, 0.4) is 0 Å². The maximum absolute atomic E-state index is 11.0. The number of phenols is 1. The van der Waals surface area contributed by atoms with Crippen LogP contribution in [0, 0.1) is 0 Å². The van der Waals surface area contributed by atoms with E-state index in [1.54, 1.807) is 30.3 Å². The van der Waals surface area contributed by atoms with Crippen molar-refractivity contribution in [3.63, 3.8) is 0 Å². The van der Waals surface area contributed by atoms with E-state index < -0.39 is 6.09 Å². The van der Waals surface area contributed by atoms with E-state index in [9.17, 15) is 9.90 Å². The van der Waals surface area contributed by atoms with E-state index in [-0.39, 0.29) is 11.9 Å². The number of allylic oxidation sites excluding steroid dienone is 1. The predicted molar refractivity (Wildman–Crippen MR) is 106 cm³/mol. The molecule has 0 unspecified atom stereocenters. The summed E-state index contributed by atoms with van der Waals surface area (Å²) in [7, 11) is 3.04. The van der Waals surface area contributed by atoms with Gasteiger partial charge in [-0.05, 0) is 50.1 Å². The van der Waals surface area contributed by atoms with Crippen molar-refractivity contribution < 1.29 is 24.1 Å². The fourth-order valence-electron chi connectivity index (χ4n) is 2.05. The van der Waals surface area contributed by atoms with Crippen molar-refractivity contribution in [1.29, 1.82) is 0 Å². The number of nitrogens with one attached hydrogen (secondary N) is 1. The number of ether oxygens (including phenoxy) is 3. The summed E-state index contributed by atoms with van der Waals surface area (Å²) in [5.41, 5.74) is 1.08. The molecule has 0 aromatic heterocycles. The first kappa shape index (κ1) is 21.9. The van der Waals surface area contributed by atoms with Crippen LogP contribution in [0.5, 0.6) is 23.0 Å². The number of carbonyl (C=O) groups is 1. The average molecular weight is 373 g/mol. The van der Waals surface area contributed by atoms with Crippen molar-refractivity contribution in [3.05, 3.63) is 60.7 Å². The smallest absolute Gasteiger partial charge is 0.412 e. The summed E-state index contributed by atoms with van der Waals surface area (Å²) in [6, 6.07) is 12.3. The highest BCUT2D eigenvalue weighted by molar-refractivity contribution is 5.70. The van der Waals surface area contributed by atoms with Gasteiger partial charge in [-0.15, -0.1) is 6.58 Å². The molecular weight excluding hydrogens is 346 g/mol. The number of phenolic OH excluding ortho intramolecular Hbond substituents is 1. The number of hydrogen-bond donors (Lipinski definition) is 2. The Bertz CT molecular complexity index is 743. The van der Waals surface area contributed by atoms with Crippen LogP contribution >= 0.6 is 0 Å². The lowest BCUT2D eigenvalue weighted by molar-refractivity contribution is 0.194. The monoisotopic (exact) mass is 373 g/mol. The summed E-state index contributed by atoms with van der Waals surface area (Å²) in [6.45, 7) is 7.46. The van der Waals surface area contributed by atoms with Crippen molar-refractivity contribution >= 4 is 6.09 Å². The molecule has 146 valence electrons. The molecule has 0 aliphatic heterocycles. The molecule has 0 bridgehead atoms. The number of para-hydroxylation sites is 2. The molecule has 0 aliphatic carbocycles. The first-order valence-electron chi connectivity index (χ1n) is 8.53. The Morgan fingerprint density at radius 2 is 1.85 bits per heavy atom. The van der Waals surface area contributed by atoms with Crippen LogP contribution in [-0.4, -0.2) is 31.5 Å². The van der Waals surface area contributed by atoms with Crippen LogP contribution in [0.15, 0.2) is 55.1 Å². The largest absolute Gasteiger partial charge is 0.504 e. The summed E-state index contributed by atoms with van der Waals surface area (Å²) in [5.74, 6) is 1.67. The third kappa shape index (κ3) is 7.73. The van der Waals surface area contributed by atoms with E-state index in [0.717, 1.165) is 12.0 Å².